The number of halogens is 4. The van der Waals surface area contributed by atoms with Crippen LogP contribution in [0.1, 0.15) is 12.8 Å². The summed E-state index contributed by atoms with van der Waals surface area (Å²) in [6, 6.07) is 4.06. The Morgan fingerprint density at radius 3 is 2.47 bits per heavy atom. The number of anilines is 2. The van der Waals surface area contributed by atoms with E-state index in [9.17, 15) is 21.6 Å². The van der Waals surface area contributed by atoms with Crippen LogP contribution in [0.3, 0.4) is 0 Å². The van der Waals surface area contributed by atoms with Gasteiger partial charge in [0, 0.05) is 6.42 Å². The van der Waals surface area contributed by atoms with Gasteiger partial charge in [-0.15, -0.1) is 0 Å². The second kappa shape index (κ2) is 5.87. The average Bonchev–Trinajstić information content (AvgIpc) is 2.20. The van der Waals surface area contributed by atoms with E-state index in [2.05, 4.69) is 4.72 Å². The quantitative estimate of drug-likeness (QED) is 0.820. The number of hydrogen-bond acceptors (Lipinski definition) is 3. The highest BCUT2D eigenvalue weighted by molar-refractivity contribution is 7.92. The van der Waals surface area contributed by atoms with E-state index in [4.69, 9.17) is 17.3 Å². The number of alkyl halides is 3. The minimum atomic E-state index is -4.36. The molecule has 4 nitrogen and oxygen atoms in total. The van der Waals surface area contributed by atoms with Crippen molar-refractivity contribution in [3.05, 3.63) is 23.2 Å². The summed E-state index contributed by atoms with van der Waals surface area (Å²) >= 11 is 5.66. The molecule has 0 radical (unpaired) electrons. The van der Waals surface area contributed by atoms with Gasteiger partial charge in [-0.25, -0.2) is 8.42 Å². The van der Waals surface area contributed by atoms with Gasteiger partial charge in [0.2, 0.25) is 10.0 Å². The molecule has 3 N–H and O–H groups in total. The zero-order chi connectivity index (χ0) is 14.7. The van der Waals surface area contributed by atoms with Gasteiger partial charge in [-0.1, -0.05) is 11.6 Å². The lowest BCUT2D eigenvalue weighted by Gasteiger charge is -2.10. The number of nitrogens with two attached hydrogens (primary N) is 1. The number of nitrogen functional groups attached to an aromatic ring is 1. The van der Waals surface area contributed by atoms with E-state index < -0.39 is 34.8 Å². The van der Waals surface area contributed by atoms with E-state index in [1.165, 1.54) is 18.2 Å². The SMILES string of the molecule is Nc1cc(NS(=O)(=O)CCCC(F)(F)F)ccc1Cl. The summed E-state index contributed by atoms with van der Waals surface area (Å²) in [5.41, 5.74) is 5.82. The Bertz CT molecular complexity index is 546. The Hall–Kier alpha value is -1.15. The second-order valence-corrected chi connectivity index (χ2v) is 6.13. The minimum Gasteiger partial charge on any atom is -0.397 e. The lowest BCUT2D eigenvalue weighted by molar-refractivity contribution is -0.134. The predicted molar refractivity (Wildman–Crippen MR) is 68.6 cm³/mol. The van der Waals surface area contributed by atoms with Gasteiger partial charge in [0.05, 0.1) is 22.2 Å². The zero-order valence-corrected chi connectivity index (χ0v) is 11.2. The number of benzene rings is 1. The van der Waals surface area contributed by atoms with Crippen LogP contribution in [-0.4, -0.2) is 20.3 Å². The Kier molecular flexibility index (Phi) is 4.92. The molecule has 1 rings (SSSR count). The maximum Gasteiger partial charge on any atom is 0.389 e. The van der Waals surface area contributed by atoms with Crippen LogP contribution in [0.25, 0.3) is 0 Å². The molecule has 0 heterocycles. The van der Waals surface area contributed by atoms with Crippen LogP contribution in [0.5, 0.6) is 0 Å². The number of sulfonamides is 1. The third kappa shape index (κ3) is 6.02. The van der Waals surface area contributed by atoms with Crippen molar-refractivity contribution in [3.63, 3.8) is 0 Å². The fraction of sp³-hybridized carbons (Fsp3) is 0.400. The van der Waals surface area contributed by atoms with Crippen molar-refractivity contribution in [1.82, 2.24) is 0 Å². The number of hydrogen-bond donors (Lipinski definition) is 2. The second-order valence-electron chi connectivity index (χ2n) is 3.88. The smallest absolute Gasteiger partial charge is 0.389 e. The van der Waals surface area contributed by atoms with E-state index >= 15 is 0 Å². The van der Waals surface area contributed by atoms with Gasteiger partial charge in [0.15, 0.2) is 0 Å². The summed E-state index contributed by atoms with van der Waals surface area (Å²) in [7, 11) is -3.84. The topological polar surface area (TPSA) is 72.2 Å². The van der Waals surface area contributed by atoms with Crippen LogP contribution >= 0.6 is 11.6 Å². The first kappa shape index (κ1) is 15.9. The first-order valence-electron chi connectivity index (χ1n) is 5.21. The fourth-order valence-electron chi connectivity index (χ4n) is 1.30. The van der Waals surface area contributed by atoms with Crippen molar-refractivity contribution in [3.8, 4) is 0 Å². The van der Waals surface area contributed by atoms with Crippen molar-refractivity contribution in [2.45, 2.75) is 19.0 Å². The maximum atomic E-state index is 11.9. The normalized spacial score (nSPS) is 12.4. The van der Waals surface area contributed by atoms with Gasteiger partial charge in [0.1, 0.15) is 0 Å². The molecule has 0 fully saturated rings. The highest BCUT2D eigenvalue weighted by Crippen LogP contribution is 2.24. The summed E-state index contributed by atoms with van der Waals surface area (Å²) in [5, 5.41) is 0.264. The average molecular weight is 317 g/mol. The van der Waals surface area contributed by atoms with E-state index in [1.54, 1.807) is 0 Å². The van der Waals surface area contributed by atoms with Crippen LogP contribution in [0.15, 0.2) is 18.2 Å². The molecule has 0 spiro atoms. The molecule has 9 heteroatoms. The van der Waals surface area contributed by atoms with Gasteiger partial charge in [-0.3, -0.25) is 4.72 Å². The molecule has 1 aromatic rings. The third-order valence-corrected chi connectivity index (χ3v) is 3.86. The lowest BCUT2D eigenvalue weighted by atomic mass is 10.3. The molecule has 0 aliphatic heterocycles. The van der Waals surface area contributed by atoms with Crippen molar-refractivity contribution in [2.75, 3.05) is 16.2 Å². The lowest BCUT2D eigenvalue weighted by Crippen LogP contribution is -2.18. The standard InChI is InChI=1S/C10H12ClF3N2O2S/c11-8-3-2-7(6-9(8)15)16-19(17,18)5-1-4-10(12,13)14/h2-3,6,16H,1,4-5,15H2. The number of nitrogens with one attached hydrogen (secondary N) is 1. The monoisotopic (exact) mass is 316 g/mol. The van der Waals surface area contributed by atoms with Gasteiger partial charge in [0.25, 0.3) is 0 Å². The van der Waals surface area contributed by atoms with Gasteiger partial charge < -0.3 is 5.73 Å². The molecular weight excluding hydrogens is 305 g/mol. The van der Waals surface area contributed by atoms with E-state index in [-0.39, 0.29) is 16.4 Å². The highest BCUT2D eigenvalue weighted by atomic mass is 35.5. The summed E-state index contributed by atoms with van der Waals surface area (Å²) in [4.78, 5) is 0. The van der Waals surface area contributed by atoms with Gasteiger partial charge in [-0.05, 0) is 24.6 Å². The third-order valence-electron chi connectivity index (χ3n) is 2.14. The molecule has 19 heavy (non-hydrogen) atoms. The summed E-state index contributed by atoms with van der Waals surface area (Å²) < 4.78 is 60.9. The van der Waals surface area contributed by atoms with Crippen LogP contribution in [-0.2, 0) is 10.0 Å². The molecule has 0 saturated carbocycles. The van der Waals surface area contributed by atoms with Crippen LogP contribution in [0.4, 0.5) is 24.5 Å². The van der Waals surface area contributed by atoms with Crippen molar-refractivity contribution in [1.29, 1.82) is 0 Å². The van der Waals surface area contributed by atoms with Crippen LogP contribution in [0.2, 0.25) is 5.02 Å². The van der Waals surface area contributed by atoms with E-state index in [1.807, 2.05) is 0 Å². The van der Waals surface area contributed by atoms with Gasteiger partial charge in [-0.2, -0.15) is 13.2 Å². The van der Waals surface area contributed by atoms with Crippen molar-refractivity contribution in [2.24, 2.45) is 0 Å². The Labute approximate surface area is 113 Å². The Morgan fingerprint density at radius 2 is 1.95 bits per heavy atom. The molecule has 0 amide bonds. The molecule has 0 aliphatic rings. The minimum absolute atomic E-state index is 0.161. The molecular formula is C10H12ClF3N2O2S. The summed E-state index contributed by atoms with van der Waals surface area (Å²) in [5.74, 6) is -0.616. The molecule has 0 aliphatic carbocycles. The van der Waals surface area contributed by atoms with Crippen molar-refractivity contribution < 1.29 is 21.6 Å². The molecule has 1 aromatic carbocycles. The first-order valence-corrected chi connectivity index (χ1v) is 7.24. The fourth-order valence-corrected chi connectivity index (χ4v) is 2.53. The zero-order valence-electron chi connectivity index (χ0n) is 9.67. The molecule has 0 unspecified atom stereocenters. The molecule has 0 aromatic heterocycles. The molecule has 0 saturated heterocycles. The van der Waals surface area contributed by atoms with E-state index in [0.29, 0.717) is 0 Å². The molecule has 108 valence electrons. The van der Waals surface area contributed by atoms with E-state index in [0.717, 1.165) is 0 Å². The molecule has 0 bridgehead atoms. The number of rotatable bonds is 5. The first-order chi connectivity index (χ1) is 8.59. The summed E-state index contributed by atoms with van der Waals surface area (Å²) in [6.45, 7) is 0. The Balaban J connectivity index is 2.61. The van der Waals surface area contributed by atoms with Gasteiger partial charge >= 0.3 is 6.18 Å². The maximum absolute atomic E-state index is 11.9. The summed E-state index contributed by atoms with van der Waals surface area (Å²) in [6.07, 6.45) is -6.00. The van der Waals surface area contributed by atoms with Crippen molar-refractivity contribution >= 4 is 33.0 Å². The highest BCUT2D eigenvalue weighted by Gasteiger charge is 2.27. The van der Waals surface area contributed by atoms with Crippen LogP contribution in [0, 0.1) is 0 Å². The Morgan fingerprint density at radius 1 is 1.32 bits per heavy atom. The predicted octanol–water partition coefficient (Wildman–Crippen LogP) is 3.01. The molecule has 0 atom stereocenters. The van der Waals surface area contributed by atoms with Crippen LogP contribution < -0.4 is 10.5 Å². The largest absolute Gasteiger partial charge is 0.397 e.